The third-order valence-electron chi connectivity index (χ3n) is 2.74. The quantitative estimate of drug-likeness (QED) is 0.800. The molecule has 2 unspecified atom stereocenters. The van der Waals surface area contributed by atoms with Crippen LogP contribution >= 0.6 is 0 Å². The molecular formula is C12H19N3O. The lowest BCUT2D eigenvalue weighted by atomic mass is 10.0. The van der Waals surface area contributed by atoms with Gasteiger partial charge in [0.05, 0.1) is 0 Å². The van der Waals surface area contributed by atoms with Gasteiger partial charge in [0.25, 0.3) is 5.91 Å². The van der Waals surface area contributed by atoms with Crippen molar-refractivity contribution in [1.82, 2.24) is 10.3 Å². The maximum absolute atomic E-state index is 11.8. The van der Waals surface area contributed by atoms with E-state index in [1.54, 1.807) is 18.3 Å². The lowest BCUT2D eigenvalue weighted by molar-refractivity contribution is 0.0929. The predicted octanol–water partition coefficient (Wildman–Crippen LogP) is 1.10. The van der Waals surface area contributed by atoms with Gasteiger partial charge in [0.1, 0.15) is 0 Å². The standard InChI is InChI=1S/C12H19N3O/c1-8(7-13)10(3)15-12(16)11-4-5-14-9(2)6-11/h4-6,8,10H,7,13H2,1-3H3,(H,15,16). The third-order valence-corrected chi connectivity index (χ3v) is 2.74. The van der Waals surface area contributed by atoms with E-state index >= 15 is 0 Å². The number of amides is 1. The van der Waals surface area contributed by atoms with Crippen LogP contribution in [-0.4, -0.2) is 23.5 Å². The molecule has 0 spiro atoms. The second-order valence-corrected chi connectivity index (χ2v) is 4.16. The number of carbonyl (C=O) groups is 1. The van der Waals surface area contributed by atoms with Crippen LogP contribution in [0.15, 0.2) is 18.3 Å². The summed E-state index contributed by atoms with van der Waals surface area (Å²) in [7, 11) is 0. The van der Waals surface area contributed by atoms with Gasteiger partial charge in [0.15, 0.2) is 0 Å². The maximum atomic E-state index is 11.8. The number of rotatable bonds is 4. The summed E-state index contributed by atoms with van der Waals surface area (Å²) in [6.45, 7) is 6.41. The molecule has 0 aliphatic rings. The molecule has 1 aromatic heterocycles. The van der Waals surface area contributed by atoms with E-state index in [1.165, 1.54) is 0 Å². The fourth-order valence-electron chi connectivity index (χ4n) is 1.32. The van der Waals surface area contributed by atoms with Crippen LogP contribution in [0.2, 0.25) is 0 Å². The van der Waals surface area contributed by atoms with Crippen molar-refractivity contribution in [2.24, 2.45) is 11.7 Å². The summed E-state index contributed by atoms with van der Waals surface area (Å²) >= 11 is 0. The first-order valence-electron chi connectivity index (χ1n) is 5.48. The van der Waals surface area contributed by atoms with Crippen molar-refractivity contribution in [1.29, 1.82) is 0 Å². The van der Waals surface area contributed by atoms with Crippen LogP contribution in [0.3, 0.4) is 0 Å². The molecule has 0 fully saturated rings. The number of nitrogens with two attached hydrogens (primary N) is 1. The Morgan fingerprint density at radius 3 is 2.81 bits per heavy atom. The number of carbonyl (C=O) groups excluding carboxylic acids is 1. The lowest BCUT2D eigenvalue weighted by Crippen LogP contribution is -2.39. The highest BCUT2D eigenvalue weighted by Crippen LogP contribution is 2.04. The Hall–Kier alpha value is -1.42. The molecule has 0 saturated carbocycles. The van der Waals surface area contributed by atoms with Crippen LogP contribution in [0.25, 0.3) is 0 Å². The number of aryl methyl sites for hydroxylation is 1. The molecular weight excluding hydrogens is 202 g/mol. The first kappa shape index (κ1) is 12.6. The number of nitrogens with one attached hydrogen (secondary N) is 1. The molecule has 0 aliphatic carbocycles. The first-order valence-corrected chi connectivity index (χ1v) is 5.48. The number of nitrogens with zero attached hydrogens (tertiary/aromatic N) is 1. The zero-order valence-electron chi connectivity index (χ0n) is 10.0. The van der Waals surface area contributed by atoms with Crippen molar-refractivity contribution in [2.75, 3.05) is 6.54 Å². The Morgan fingerprint density at radius 2 is 2.25 bits per heavy atom. The minimum absolute atomic E-state index is 0.0710. The highest BCUT2D eigenvalue weighted by Gasteiger charge is 2.14. The molecule has 1 aromatic rings. The van der Waals surface area contributed by atoms with Crippen molar-refractivity contribution in [3.63, 3.8) is 0 Å². The molecule has 1 heterocycles. The van der Waals surface area contributed by atoms with Crippen LogP contribution in [-0.2, 0) is 0 Å². The average Bonchev–Trinajstić information content (AvgIpc) is 2.27. The van der Waals surface area contributed by atoms with E-state index in [2.05, 4.69) is 10.3 Å². The monoisotopic (exact) mass is 221 g/mol. The number of hydrogen-bond acceptors (Lipinski definition) is 3. The SMILES string of the molecule is Cc1cc(C(=O)NC(C)C(C)CN)ccn1. The normalized spacial score (nSPS) is 14.2. The second-order valence-electron chi connectivity index (χ2n) is 4.16. The maximum Gasteiger partial charge on any atom is 0.251 e. The van der Waals surface area contributed by atoms with Crippen molar-refractivity contribution in [2.45, 2.75) is 26.8 Å². The van der Waals surface area contributed by atoms with Crippen LogP contribution in [0.5, 0.6) is 0 Å². The molecule has 0 bridgehead atoms. The van der Waals surface area contributed by atoms with E-state index in [0.29, 0.717) is 12.1 Å². The largest absolute Gasteiger partial charge is 0.349 e. The fraction of sp³-hybridized carbons (Fsp3) is 0.500. The van der Waals surface area contributed by atoms with E-state index in [0.717, 1.165) is 5.69 Å². The van der Waals surface area contributed by atoms with Gasteiger partial charge in [-0.25, -0.2) is 0 Å². The van der Waals surface area contributed by atoms with E-state index in [-0.39, 0.29) is 17.9 Å². The Morgan fingerprint density at radius 1 is 1.56 bits per heavy atom. The van der Waals surface area contributed by atoms with E-state index in [4.69, 9.17) is 5.73 Å². The molecule has 1 amide bonds. The van der Waals surface area contributed by atoms with Gasteiger partial charge in [-0.3, -0.25) is 9.78 Å². The Bertz CT molecular complexity index is 365. The summed E-state index contributed by atoms with van der Waals surface area (Å²) in [6.07, 6.45) is 1.64. The van der Waals surface area contributed by atoms with Crippen molar-refractivity contribution >= 4 is 5.91 Å². The summed E-state index contributed by atoms with van der Waals surface area (Å²) in [4.78, 5) is 15.9. The minimum atomic E-state index is -0.0710. The molecule has 0 aromatic carbocycles. The van der Waals surface area contributed by atoms with E-state index < -0.39 is 0 Å². The molecule has 0 saturated heterocycles. The highest BCUT2D eigenvalue weighted by atomic mass is 16.1. The number of pyridine rings is 1. The number of aromatic nitrogens is 1. The molecule has 0 radical (unpaired) electrons. The summed E-state index contributed by atoms with van der Waals surface area (Å²) in [5, 5.41) is 2.93. The summed E-state index contributed by atoms with van der Waals surface area (Å²) in [6, 6.07) is 3.56. The fourth-order valence-corrected chi connectivity index (χ4v) is 1.32. The van der Waals surface area contributed by atoms with Gasteiger partial charge in [0.2, 0.25) is 0 Å². The summed E-state index contributed by atoms with van der Waals surface area (Å²) < 4.78 is 0. The van der Waals surface area contributed by atoms with Crippen LogP contribution in [0.4, 0.5) is 0 Å². The van der Waals surface area contributed by atoms with Crippen molar-refractivity contribution in [3.8, 4) is 0 Å². The van der Waals surface area contributed by atoms with E-state index in [1.807, 2.05) is 20.8 Å². The predicted molar refractivity (Wildman–Crippen MR) is 64.1 cm³/mol. The Balaban J connectivity index is 2.66. The smallest absolute Gasteiger partial charge is 0.251 e. The molecule has 1 rings (SSSR count). The van der Waals surface area contributed by atoms with Gasteiger partial charge < -0.3 is 11.1 Å². The van der Waals surface area contributed by atoms with Crippen molar-refractivity contribution in [3.05, 3.63) is 29.6 Å². The molecule has 88 valence electrons. The molecule has 3 N–H and O–H groups in total. The van der Waals surface area contributed by atoms with Gasteiger partial charge in [-0.2, -0.15) is 0 Å². The molecule has 0 aliphatic heterocycles. The summed E-state index contributed by atoms with van der Waals surface area (Å²) in [5.41, 5.74) is 7.03. The lowest BCUT2D eigenvalue weighted by Gasteiger charge is -2.19. The minimum Gasteiger partial charge on any atom is -0.349 e. The zero-order valence-corrected chi connectivity index (χ0v) is 10.0. The first-order chi connectivity index (χ1) is 7.54. The Kier molecular flexibility index (Phi) is 4.43. The van der Waals surface area contributed by atoms with Crippen molar-refractivity contribution < 1.29 is 4.79 Å². The molecule has 4 heteroatoms. The van der Waals surface area contributed by atoms with E-state index in [9.17, 15) is 4.79 Å². The third kappa shape index (κ3) is 3.31. The van der Waals surface area contributed by atoms with Crippen LogP contribution in [0, 0.1) is 12.8 Å². The molecule has 4 nitrogen and oxygen atoms in total. The van der Waals surface area contributed by atoms with Gasteiger partial charge in [-0.15, -0.1) is 0 Å². The highest BCUT2D eigenvalue weighted by molar-refractivity contribution is 5.94. The molecule has 2 atom stereocenters. The zero-order chi connectivity index (χ0) is 12.1. The second kappa shape index (κ2) is 5.61. The average molecular weight is 221 g/mol. The van der Waals surface area contributed by atoms with Gasteiger partial charge >= 0.3 is 0 Å². The van der Waals surface area contributed by atoms with Gasteiger partial charge in [0, 0.05) is 23.5 Å². The van der Waals surface area contributed by atoms with Crippen LogP contribution in [0.1, 0.15) is 29.9 Å². The molecule has 16 heavy (non-hydrogen) atoms. The van der Waals surface area contributed by atoms with Gasteiger partial charge in [-0.1, -0.05) is 6.92 Å². The summed E-state index contributed by atoms with van der Waals surface area (Å²) in [5.74, 6) is 0.199. The number of hydrogen-bond donors (Lipinski definition) is 2. The Labute approximate surface area is 96.3 Å². The topological polar surface area (TPSA) is 68.0 Å². The van der Waals surface area contributed by atoms with Gasteiger partial charge in [-0.05, 0) is 38.4 Å². The van der Waals surface area contributed by atoms with Crippen LogP contribution < -0.4 is 11.1 Å².